The van der Waals surface area contributed by atoms with Gasteiger partial charge in [-0.05, 0) is 24.3 Å². The third-order valence-corrected chi connectivity index (χ3v) is 6.38. The molecule has 0 fully saturated rings. The lowest BCUT2D eigenvalue weighted by Crippen LogP contribution is -2.48. The number of esters is 1. The fraction of sp³-hybridized carbons (Fsp3) is 0.235. The standard InChI is InChI=1S/C17H16BrFN2O4S/c1-25-17(22)10-21-11-20(9-12-6-7-13(18)8-14(12)19)15-4-2-3-5-16(15)26(21,23)24/h2-8H,9-11H2,1H3. The largest absolute Gasteiger partial charge is 0.468 e. The van der Waals surface area contributed by atoms with Crippen LogP contribution in [0.2, 0.25) is 0 Å². The Morgan fingerprint density at radius 1 is 1.27 bits per heavy atom. The van der Waals surface area contributed by atoms with Crippen LogP contribution in [0.5, 0.6) is 0 Å². The molecule has 2 aromatic rings. The van der Waals surface area contributed by atoms with Gasteiger partial charge in [-0.15, -0.1) is 0 Å². The molecule has 0 bridgehead atoms. The molecule has 0 atom stereocenters. The zero-order valence-electron chi connectivity index (χ0n) is 13.9. The van der Waals surface area contributed by atoms with Crippen LogP contribution < -0.4 is 4.90 Å². The Labute approximate surface area is 159 Å². The van der Waals surface area contributed by atoms with Gasteiger partial charge in [0.15, 0.2) is 0 Å². The van der Waals surface area contributed by atoms with Crippen molar-refractivity contribution in [3.8, 4) is 0 Å². The van der Waals surface area contributed by atoms with Gasteiger partial charge >= 0.3 is 5.97 Å². The molecule has 0 spiro atoms. The van der Waals surface area contributed by atoms with Crippen LogP contribution in [0.25, 0.3) is 0 Å². The lowest BCUT2D eigenvalue weighted by molar-refractivity contribution is -0.140. The Morgan fingerprint density at radius 2 is 2.00 bits per heavy atom. The molecule has 6 nitrogen and oxygen atoms in total. The van der Waals surface area contributed by atoms with Gasteiger partial charge < -0.3 is 9.64 Å². The van der Waals surface area contributed by atoms with Crippen molar-refractivity contribution in [2.75, 3.05) is 25.2 Å². The predicted molar refractivity (Wildman–Crippen MR) is 97.5 cm³/mol. The number of halogens is 2. The van der Waals surface area contributed by atoms with Crippen LogP contribution in [0.4, 0.5) is 10.1 Å². The van der Waals surface area contributed by atoms with Crippen LogP contribution in [-0.2, 0) is 26.1 Å². The highest BCUT2D eigenvalue weighted by molar-refractivity contribution is 9.10. The average Bonchev–Trinajstić information content (AvgIpc) is 2.61. The van der Waals surface area contributed by atoms with Crippen LogP contribution in [0.1, 0.15) is 5.56 Å². The topological polar surface area (TPSA) is 66.9 Å². The number of para-hydroxylation sites is 1. The molecule has 0 amide bonds. The van der Waals surface area contributed by atoms with E-state index in [2.05, 4.69) is 20.7 Å². The first-order chi connectivity index (χ1) is 12.3. The molecule has 0 saturated heterocycles. The Kier molecular flexibility index (Phi) is 5.31. The zero-order valence-corrected chi connectivity index (χ0v) is 16.3. The highest BCUT2D eigenvalue weighted by atomic mass is 79.9. The summed E-state index contributed by atoms with van der Waals surface area (Å²) in [6, 6.07) is 11.2. The minimum atomic E-state index is -3.84. The van der Waals surface area contributed by atoms with Gasteiger partial charge in [0.25, 0.3) is 0 Å². The van der Waals surface area contributed by atoms with Gasteiger partial charge in [0, 0.05) is 16.6 Å². The van der Waals surface area contributed by atoms with E-state index >= 15 is 0 Å². The van der Waals surface area contributed by atoms with Gasteiger partial charge in [-0.1, -0.05) is 34.1 Å². The number of carbonyl (C=O) groups excluding carboxylic acids is 1. The average molecular weight is 443 g/mol. The minimum absolute atomic E-state index is 0.0765. The third-order valence-electron chi connectivity index (χ3n) is 4.06. The quantitative estimate of drug-likeness (QED) is 0.680. The summed E-state index contributed by atoms with van der Waals surface area (Å²) in [4.78, 5) is 13.4. The first-order valence-electron chi connectivity index (χ1n) is 7.68. The molecular weight excluding hydrogens is 427 g/mol. The van der Waals surface area contributed by atoms with E-state index in [1.54, 1.807) is 35.2 Å². The second kappa shape index (κ2) is 7.34. The Hall–Kier alpha value is -1.97. The Bertz CT molecular complexity index is 952. The first-order valence-corrected chi connectivity index (χ1v) is 9.91. The molecule has 1 aliphatic heterocycles. The molecule has 138 valence electrons. The number of carbonyl (C=O) groups is 1. The van der Waals surface area contributed by atoms with Crippen molar-refractivity contribution in [1.82, 2.24) is 4.31 Å². The van der Waals surface area contributed by atoms with Crippen molar-refractivity contribution in [2.45, 2.75) is 11.4 Å². The second-order valence-corrected chi connectivity index (χ2v) is 8.56. The lowest BCUT2D eigenvalue weighted by Gasteiger charge is -2.37. The van der Waals surface area contributed by atoms with Gasteiger partial charge in [-0.2, -0.15) is 4.31 Å². The van der Waals surface area contributed by atoms with Crippen molar-refractivity contribution in [2.24, 2.45) is 0 Å². The zero-order chi connectivity index (χ0) is 18.9. The van der Waals surface area contributed by atoms with Gasteiger partial charge in [0.1, 0.15) is 17.3 Å². The molecule has 0 saturated carbocycles. The summed E-state index contributed by atoms with van der Waals surface area (Å²) in [5.74, 6) is -1.06. The number of hydrogen-bond donors (Lipinski definition) is 0. The number of methoxy groups -OCH3 is 1. The van der Waals surface area contributed by atoms with Gasteiger partial charge in [0.05, 0.1) is 19.5 Å². The number of rotatable bonds is 4. The van der Waals surface area contributed by atoms with Crippen molar-refractivity contribution >= 4 is 37.6 Å². The predicted octanol–water partition coefficient (Wildman–Crippen LogP) is 2.73. The Balaban J connectivity index is 2.00. The fourth-order valence-corrected chi connectivity index (χ4v) is 4.64. The normalized spacial score (nSPS) is 16.2. The van der Waals surface area contributed by atoms with Crippen molar-refractivity contribution < 1.29 is 22.3 Å². The summed E-state index contributed by atoms with van der Waals surface area (Å²) >= 11 is 3.21. The summed E-state index contributed by atoms with van der Waals surface area (Å²) < 4.78 is 46.0. The van der Waals surface area contributed by atoms with Crippen LogP contribution >= 0.6 is 15.9 Å². The van der Waals surface area contributed by atoms with Crippen LogP contribution in [-0.4, -0.2) is 39.0 Å². The van der Waals surface area contributed by atoms with E-state index in [4.69, 9.17) is 0 Å². The van der Waals surface area contributed by atoms with Crippen molar-refractivity contribution in [1.29, 1.82) is 0 Å². The van der Waals surface area contributed by atoms with Gasteiger partial charge in [0.2, 0.25) is 10.0 Å². The monoisotopic (exact) mass is 442 g/mol. The summed E-state index contributed by atoms with van der Waals surface area (Å²) in [6.07, 6.45) is 0. The molecule has 0 aromatic heterocycles. The maximum atomic E-state index is 14.2. The molecular formula is C17H16BrFN2O4S. The summed E-state index contributed by atoms with van der Waals surface area (Å²) in [5, 5.41) is 0. The second-order valence-electron chi connectivity index (χ2n) is 5.73. The minimum Gasteiger partial charge on any atom is -0.468 e. The Morgan fingerprint density at radius 3 is 2.69 bits per heavy atom. The summed E-state index contributed by atoms with van der Waals surface area (Å²) in [5.41, 5.74) is 0.885. The molecule has 2 aromatic carbocycles. The van der Waals surface area contributed by atoms with E-state index in [-0.39, 0.29) is 18.1 Å². The highest BCUT2D eigenvalue weighted by Crippen LogP contribution is 2.34. The number of benzene rings is 2. The van der Waals surface area contributed by atoms with Crippen molar-refractivity contribution in [3.05, 3.63) is 58.3 Å². The number of fused-ring (bicyclic) bond motifs is 1. The number of nitrogens with zero attached hydrogens (tertiary/aromatic N) is 2. The van der Waals surface area contributed by atoms with E-state index in [0.29, 0.717) is 15.7 Å². The molecule has 26 heavy (non-hydrogen) atoms. The number of ether oxygens (including phenoxy) is 1. The summed E-state index contributed by atoms with van der Waals surface area (Å²) in [6.45, 7) is -0.334. The maximum absolute atomic E-state index is 14.2. The number of anilines is 1. The van der Waals surface area contributed by atoms with E-state index in [1.807, 2.05) is 0 Å². The lowest BCUT2D eigenvalue weighted by atomic mass is 10.2. The van der Waals surface area contributed by atoms with Crippen molar-refractivity contribution in [3.63, 3.8) is 0 Å². The maximum Gasteiger partial charge on any atom is 0.321 e. The third kappa shape index (κ3) is 3.60. The van der Waals surface area contributed by atoms with E-state index in [0.717, 1.165) is 4.31 Å². The number of hydrogen-bond acceptors (Lipinski definition) is 5. The van der Waals surface area contributed by atoms with E-state index in [1.165, 1.54) is 19.2 Å². The van der Waals surface area contributed by atoms with E-state index < -0.39 is 28.4 Å². The SMILES string of the molecule is COC(=O)CN1CN(Cc2ccc(Br)cc2F)c2ccccc2S1(=O)=O. The van der Waals surface area contributed by atoms with Crippen LogP contribution in [0.15, 0.2) is 51.8 Å². The molecule has 9 heteroatoms. The van der Waals surface area contributed by atoms with Gasteiger partial charge in [-0.25, -0.2) is 12.8 Å². The van der Waals surface area contributed by atoms with E-state index in [9.17, 15) is 17.6 Å². The molecule has 0 unspecified atom stereocenters. The summed E-state index contributed by atoms with van der Waals surface area (Å²) in [7, 11) is -2.64. The molecule has 0 aliphatic carbocycles. The molecule has 0 N–H and O–H groups in total. The first kappa shape index (κ1) is 18.8. The fourth-order valence-electron chi connectivity index (χ4n) is 2.75. The molecule has 0 radical (unpaired) electrons. The molecule has 1 heterocycles. The smallest absolute Gasteiger partial charge is 0.321 e. The van der Waals surface area contributed by atoms with Crippen LogP contribution in [0, 0.1) is 5.82 Å². The van der Waals surface area contributed by atoms with Crippen LogP contribution in [0.3, 0.4) is 0 Å². The molecule has 3 rings (SSSR count). The molecule has 1 aliphatic rings. The van der Waals surface area contributed by atoms with Gasteiger partial charge in [-0.3, -0.25) is 4.79 Å². The highest BCUT2D eigenvalue weighted by Gasteiger charge is 2.36. The number of sulfonamides is 1.